The summed E-state index contributed by atoms with van der Waals surface area (Å²) in [6.45, 7) is 4.94. The summed E-state index contributed by atoms with van der Waals surface area (Å²) in [7, 11) is 1.70. The van der Waals surface area contributed by atoms with Gasteiger partial charge in [0.15, 0.2) is 6.61 Å². The first-order chi connectivity index (χ1) is 9.95. The minimum Gasteiger partial charge on any atom is -0.484 e. The Morgan fingerprint density at radius 2 is 2.10 bits per heavy atom. The second kappa shape index (κ2) is 7.06. The smallest absolute Gasteiger partial charge is 0.212 e. The van der Waals surface area contributed by atoms with Crippen LogP contribution in [0.3, 0.4) is 0 Å². The van der Waals surface area contributed by atoms with Crippen LogP contribution in [-0.2, 0) is 20.2 Å². The number of aromatic nitrogens is 4. The predicted octanol–water partition coefficient (Wildman–Crippen LogP) is 2.59. The number of rotatable bonds is 6. The average molecular weight is 330 g/mol. The molecule has 21 heavy (non-hydrogen) atoms. The SMILES string of the molecule is CC(C)NCc1cc(Cl)cc(Cl)c1OCc1nnn(C)n1. The minimum atomic E-state index is 0.198. The lowest BCUT2D eigenvalue weighted by Gasteiger charge is -2.15. The zero-order chi connectivity index (χ0) is 15.4. The maximum Gasteiger partial charge on any atom is 0.212 e. The fraction of sp³-hybridized carbons (Fsp3) is 0.462. The van der Waals surface area contributed by atoms with E-state index in [2.05, 4.69) is 34.6 Å². The van der Waals surface area contributed by atoms with Gasteiger partial charge < -0.3 is 10.1 Å². The van der Waals surface area contributed by atoms with Crippen LogP contribution in [-0.4, -0.2) is 26.2 Å². The summed E-state index contributed by atoms with van der Waals surface area (Å²) in [5.41, 5.74) is 0.894. The molecule has 8 heteroatoms. The molecule has 1 N–H and O–H groups in total. The number of nitrogens with one attached hydrogen (secondary N) is 1. The normalized spacial score (nSPS) is 11.1. The fourth-order valence-electron chi connectivity index (χ4n) is 1.74. The second-order valence-corrected chi connectivity index (χ2v) is 5.74. The molecule has 0 amide bonds. The molecule has 0 radical (unpaired) electrons. The van der Waals surface area contributed by atoms with Crippen molar-refractivity contribution in [1.82, 2.24) is 25.5 Å². The van der Waals surface area contributed by atoms with Crippen LogP contribution in [0.5, 0.6) is 5.75 Å². The molecule has 1 heterocycles. The summed E-state index contributed by atoms with van der Waals surface area (Å²) >= 11 is 12.3. The van der Waals surface area contributed by atoms with Crippen LogP contribution in [0.2, 0.25) is 10.0 Å². The zero-order valence-electron chi connectivity index (χ0n) is 12.1. The first-order valence-corrected chi connectivity index (χ1v) is 7.28. The van der Waals surface area contributed by atoms with Gasteiger partial charge in [0, 0.05) is 23.2 Å². The number of nitrogens with zero attached hydrogens (tertiary/aromatic N) is 4. The van der Waals surface area contributed by atoms with Crippen molar-refractivity contribution < 1.29 is 4.74 Å². The molecule has 0 fully saturated rings. The van der Waals surface area contributed by atoms with Crippen LogP contribution in [0.25, 0.3) is 0 Å². The molecule has 0 saturated heterocycles. The molecule has 0 saturated carbocycles. The highest BCUT2D eigenvalue weighted by atomic mass is 35.5. The van der Waals surface area contributed by atoms with E-state index in [1.54, 1.807) is 13.1 Å². The lowest BCUT2D eigenvalue weighted by molar-refractivity contribution is 0.291. The topological polar surface area (TPSA) is 64.9 Å². The van der Waals surface area contributed by atoms with Gasteiger partial charge in [0.25, 0.3) is 0 Å². The van der Waals surface area contributed by atoms with Crippen molar-refractivity contribution in [3.05, 3.63) is 33.6 Å². The Hall–Kier alpha value is -1.37. The largest absolute Gasteiger partial charge is 0.484 e. The third kappa shape index (κ3) is 4.56. The summed E-state index contributed by atoms with van der Waals surface area (Å²) in [4.78, 5) is 1.38. The zero-order valence-corrected chi connectivity index (χ0v) is 13.6. The highest BCUT2D eigenvalue weighted by Gasteiger charge is 2.12. The van der Waals surface area contributed by atoms with Crippen molar-refractivity contribution in [2.75, 3.05) is 0 Å². The summed E-state index contributed by atoms with van der Waals surface area (Å²) in [5.74, 6) is 1.08. The van der Waals surface area contributed by atoms with Crippen molar-refractivity contribution >= 4 is 23.2 Å². The molecule has 2 rings (SSSR count). The van der Waals surface area contributed by atoms with E-state index in [1.807, 2.05) is 6.07 Å². The third-order valence-electron chi connectivity index (χ3n) is 2.68. The predicted molar refractivity (Wildman–Crippen MR) is 81.6 cm³/mol. The van der Waals surface area contributed by atoms with Crippen LogP contribution < -0.4 is 10.1 Å². The number of hydrogen-bond acceptors (Lipinski definition) is 5. The molecule has 2 aromatic rings. The minimum absolute atomic E-state index is 0.198. The number of benzene rings is 1. The molecule has 0 aliphatic heterocycles. The van der Waals surface area contributed by atoms with Crippen LogP contribution in [0.15, 0.2) is 12.1 Å². The van der Waals surface area contributed by atoms with E-state index in [1.165, 1.54) is 4.80 Å². The Morgan fingerprint density at radius 1 is 1.33 bits per heavy atom. The van der Waals surface area contributed by atoms with E-state index in [0.29, 0.717) is 34.2 Å². The van der Waals surface area contributed by atoms with E-state index in [-0.39, 0.29) is 6.61 Å². The van der Waals surface area contributed by atoms with Crippen molar-refractivity contribution in [1.29, 1.82) is 0 Å². The number of ether oxygens (including phenoxy) is 1. The Bertz CT molecular complexity index is 615. The van der Waals surface area contributed by atoms with Gasteiger partial charge in [-0.2, -0.15) is 4.80 Å². The van der Waals surface area contributed by atoms with Gasteiger partial charge in [-0.25, -0.2) is 0 Å². The van der Waals surface area contributed by atoms with Crippen molar-refractivity contribution in [3.63, 3.8) is 0 Å². The summed E-state index contributed by atoms with van der Waals surface area (Å²) < 4.78 is 5.75. The van der Waals surface area contributed by atoms with Gasteiger partial charge >= 0.3 is 0 Å². The van der Waals surface area contributed by atoms with Crippen LogP contribution in [0.1, 0.15) is 25.2 Å². The van der Waals surface area contributed by atoms with E-state index in [0.717, 1.165) is 5.56 Å². The molecule has 1 aromatic heterocycles. The number of hydrogen-bond donors (Lipinski definition) is 1. The van der Waals surface area contributed by atoms with Crippen LogP contribution >= 0.6 is 23.2 Å². The molecule has 114 valence electrons. The first kappa shape index (κ1) is 16.0. The quantitative estimate of drug-likeness (QED) is 0.882. The maximum absolute atomic E-state index is 6.22. The van der Waals surface area contributed by atoms with E-state index < -0.39 is 0 Å². The van der Waals surface area contributed by atoms with Gasteiger partial charge in [0.05, 0.1) is 12.1 Å². The molecule has 0 bridgehead atoms. The van der Waals surface area contributed by atoms with Crippen LogP contribution in [0.4, 0.5) is 0 Å². The van der Waals surface area contributed by atoms with Gasteiger partial charge in [-0.05, 0) is 17.3 Å². The monoisotopic (exact) mass is 329 g/mol. The molecule has 0 aliphatic rings. The lowest BCUT2D eigenvalue weighted by Crippen LogP contribution is -2.22. The Morgan fingerprint density at radius 3 is 2.71 bits per heavy atom. The average Bonchev–Trinajstić information content (AvgIpc) is 2.80. The highest BCUT2D eigenvalue weighted by molar-refractivity contribution is 6.35. The molecule has 0 atom stereocenters. The highest BCUT2D eigenvalue weighted by Crippen LogP contribution is 2.33. The van der Waals surface area contributed by atoms with Crippen molar-refractivity contribution in [2.24, 2.45) is 7.05 Å². The number of halogens is 2. The summed E-state index contributed by atoms with van der Waals surface area (Å²) in [6, 6.07) is 3.83. The van der Waals surface area contributed by atoms with Crippen molar-refractivity contribution in [2.45, 2.75) is 33.0 Å². The van der Waals surface area contributed by atoms with Crippen LogP contribution in [0, 0.1) is 0 Å². The second-order valence-electron chi connectivity index (χ2n) is 4.90. The number of tetrazole rings is 1. The van der Waals surface area contributed by atoms with E-state index in [4.69, 9.17) is 27.9 Å². The lowest BCUT2D eigenvalue weighted by atomic mass is 10.2. The van der Waals surface area contributed by atoms with Crippen molar-refractivity contribution in [3.8, 4) is 5.75 Å². The number of aryl methyl sites for hydroxylation is 1. The molecular weight excluding hydrogens is 313 g/mol. The van der Waals surface area contributed by atoms with Gasteiger partial charge in [0.1, 0.15) is 5.75 Å². The molecule has 1 aromatic carbocycles. The Balaban J connectivity index is 2.15. The molecule has 6 nitrogen and oxygen atoms in total. The standard InChI is InChI=1S/C13H17Cl2N5O/c1-8(2)16-6-9-4-10(14)5-11(15)13(9)21-7-12-17-19-20(3)18-12/h4-5,8,16H,6-7H2,1-3H3. The third-order valence-corrected chi connectivity index (χ3v) is 3.18. The Labute approximate surface area is 133 Å². The maximum atomic E-state index is 6.22. The van der Waals surface area contributed by atoms with E-state index in [9.17, 15) is 0 Å². The molecule has 0 spiro atoms. The molecular formula is C13H17Cl2N5O. The fourth-order valence-corrected chi connectivity index (χ4v) is 2.33. The molecule has 0 aliphatic carbocycles. The van der Waals surface area contributed by atoms with Gasteiger partial charge in [-0.1, -0.05) is 37.0 Å². The van der Waals surface area contributed by atoms with E-state index >= 15 is 0 Å². The summed E-state index contributed by atoms with van der Waals surface area (Å²) in [6.07, 6.45) is 0. The molecule has 0 unspecified atom stereocenters. The van der Waals surface area contributed by atoms with Gasteiger partial charge in [0.2, 0.25) is 5.82 Å². The first-order valence-electron chi connectivity index (χ1n) is 6.52. The van der Waals surface area contributed by atoms with Gasteiger partial charge in [-0.3, -0.25) is 0 Å². The summed E-state index contributed by atoms with van der Waals surface area (Å²) in [5, 5.41) is 16.0. The Kier molecular flexibility index (Phi) is 5.39. The van der Waals surface area contributed by atoms with Gasteiger partial charge in [-0.15, -0.1) is 10.2 Å².